The Morgan fingerprint density at radius 2 is 1.81 bits per heavy atom. The van der Waals surface area contributed by atoms with Gasteiger partial charge < -0.3 is 20.4 Å². The second-order valence-corrected chi connectivity index (χ2v) is 7.63. The summed E-state index contributed by atoms with van der Waals surface area (Å²) >= 11 is 0. The van der Waals surface area contributed by atoms with Gasteiger partial charge in [-0.3, -0.25) is 9.79 Å². The molecule has 0 spiro atoms. The molecule has 2 N–H and O–H groups in total. The predicted molar refractivity (Wildman–Crippen MR) is 141 cm³/mol. The molecule has 0 aliphatic carbocycles. The number of amides is 1. The maximum atomic E-state index is 11.9. The van der Waals surface area contributed by atoms with Gasteiger partial charge in [-0.25, -0.2) is 0 Å². The molecule has 0 atom stereocenters. The van der Waals surface area contributed by atoms with Crippen molar-refractivity contribution >= 4 is 47.2 Å². The van der Waals surface area contributed by atoms with Crippen LogP contribution < -0.4 is 20.4 Å². The zero-order valence-corrected chi connectivity index (χ0v) is 20.8. The second-order valence-electron chi connectivity index (χ2n) is 7.63. The summed E-state index contributed by atoms with van der Waals surface area (Å²) < 4.78 is 0. The molecule has 3 rings (SSSR count). The number of guanidine groups is 1. The number of unbranched alkanes of at least 4 members (excludes halogenated alkanes) is 1. The third kappa shape index (κ3) is 7.72. The number of anilines is 2. The first-order valence-electron chi connectivity index (χ1n) is 10.8. The monoisotopic (exact) mass is 535 g/mol. The van der Waals surface area contributed by atoms with Gasteiger partial charge in [-0.05, 0) is 49.1 Å². The molecule has 7 heteroatoms. The van der Waals surface area contributed by atoms with Crippen molar-refractivity contribution in [3.05, 3.63) is 60.2 Å². The second kappa shape index (κ2) is 13.2. The fraction of sp³-hybridized carbons (Fsp3) is 0.417. The van der Waals surface area contributed by atoms with Gasteiger partial charge >= 0.3 is 0 Å². The number of carbonyl (C=O) groups is 1. The van der Waals surface area contributed by atoms with E-state index < -0.39 is 0 Å². The molecule has 1 aliphatic heterocycles. The first kappa shape index (κ1) is 25.0. The molecule has 1 saturated heterocycles. The van der Waals surface area contributed by atoms with Gasteiger partial charge in [-0.2, -0.15) is 0 Å². The van der Waals surface area contributed by atoms with E-state index >= 15 is 0 Å². The van der Waals surface area contributed by atoms with E-state index in [0.717, 1.165) is 56.1 Å². The van der Waals surface area contributed by atoms with Crippen LogP contribution in [0, 0.1) is 0 Å². The van der Waals surface area contributed by atoms with Crippen LogP contribution in [0.5, 0.6) is 0 Å². The number of nitrogens with one attached hydrogen (secondary N) is 2. The Labute approximate surface area is 203 Å². The molecule has 0 saturated carbocycles. The van der Waals surface area contributed by atoms with Crippen molar-refractivity contribution in [3.63, 3.8) is 0 Å². The highest BCUT2D eigenvalue weighted by molar-refractivity contribution is 14.0. The highest BCUT2D eigenvalue weighted by Gasteiger charge is 2.21. The van der Waals surface area contributed by atoms with Crippen molar-refractivity contribution in [2.75, 3.05) is 43.5 Å². The summed E-state index contributed by atoms with van der Waals surface area (Å²) in [6, 6.07) is 18.7. The van der Waals surface area contributed by atoms with Crippen molar-refractivity contribution in [3.8, 4) is 0 Å². The lowest BCUT2D eigenvalue weighted by atomic mass is 10.2. The van der Waals surface area contributed by atoms with E-state index in [4.69, 9.17) is 0 Å². The zero-order chi connectivity index (χ0) is 21.2. The summed E-state index contributed by atoms with van der Waals surface area (Å²) in [6.45, 7) is 3.45. The molecule has 0 unspecified atom stereocenters. The lowest BCUT2D eigenvalue weighted by Gasteiger charge is -2.19. The topological polar surface area (TPSA) is 60.0 Å². The van der Waals surface area contributed by atoms with Gasteiger partial charge in [0.2, 0.25) is 5.91 Å². The molecule has 0 radical (unpaired) electrons. The Hall–Kier alpha value is -2.29. The molecule has 1 aliphatic rings. The van der Waals surface area contributed by atoms with Crippen LogP contribution >= 0.6 is 24.0 Å². The van der Waals surface area contributed by atoms with E-state index in [0.29, 0.717) is 13.0 Å². The van der Waals surface area contributed by atoms with Crippen LogP contribution in [0.4, 0.5) is 11.4 Å². The summed E-state index contributed by atoms with van der Waals surface area (Å²) in [5, 5.41) is 6.74. The smallest absolute Gasteiger partial charge is 0.227 e. The number of benzene rings is 2. The largest absolute Gasteiger partial charge is 0.375 e. The number of carbonyl (C=O) groups excluding carboxylic acids is 1. The van der Waals surface area contributed by atoms with Crippen LogP contribution in [0.2, 0.25) is 0 Å². The molecule has 6 nitrogen and oxygen atoms in total. The Morgan fingerprint density at radius 3 is 2.45 bits per heavy atom. The summed E-state index contributed by atoms with van der Waals surface area (Å²) in [5.41, 5.74) is 3.41. The third-order valence-electron chi connectivity index (χ3n) is 5.41. The number of hydrogen-bond acceptors (Lipinski definition) is 3. The Morgan fingerprint density at radius 1 is 1.06 bits per heavy atom. The third-order valence-corrected chi connectivity index (χ3v) is 5.41. The number of nitrogens with zero attached hydrogens (tertiary/aromatic N) is 3. The number of aliphatic imine (C=N–C) groups is 1. The van der Waals surface area contributed by atoms with Gasteiger partial charge in [-0.15, -0.1) is 24.0 Å². The van der Waals surface area contributed by atoms with E-state index in [1.807, 2.05) is 23.1 Å². The first-order chi connectivity index (χ1) is 14.7. The average Bonchev–Trinajstić information content (AvgIpc) is 3.22. The van der Waals surface area contributed by atoms with E-state index in [2.05, 4.69) is 64.0 Å². The molecule has 2 aromatic carbocycles. The molecule has 0 bridgehead atoms. The van der Waals surface area contributed by atoms with Gasteiger partial charge in [0.15, 0.2) is 5.96 Å². The Kier molecular flexibility index (Phi) is 10.6. The van der Waals surface area contributed by atoms with E-state index in [1.54, 1.807) is 7.05 Å². The zero-order valence-electron chi connectivity index (χ0n) is 18.5. The molecular formula is C24H34IN5O. The van der Waals surface area contributed by atoms with Gasteiger partial charge in [0.1, 0.15) is 0 Å². The van der Waals surface area contributed by atoms with E-state index in [1.165, 1.54) is 5.69 Å². The van der Waals surface area contributed by atoms with Crippen molar-refractivity contribution in [1.29, 1.82) is 0 Å². The van der Waals surface area contributed by atoms with Crippen molar-refractivity contribution in [2.45, 2.75) is 32.2 Å². The minimum Gasteiger partial charge on any atom is -0.375 e. The minimum absolute atomic E-state index is 0. The summed E-state index contributed by atoms with van der Waals surface area (Å²) in [5.74, 6) is 1.03. The van der Waals surface area contributed by atoms with Crippen molar-refractivity contribution in [2.24, 2.45) is 4.99 Å². The van der Waals surface area contributed by atoms with Gasteiger partial charge in [0.25, 0.3) is 0 Å². The molecule has 1 amide bonds. The number of hydrogen-bond donors (Lipinski definition) is 2. The summed E-state index contributed by atoms with van der Waals surface area (Å²) in [7, 11) is 3.93. The molecule has 31 heavy (non-hydrogen) atoms. The molecular weight excluding hydrogens is 501 g/mol. The summed E-state index contributed by atoms with van der Waals surface area (Å²) in [4.78, 5) is 20.3. The van der Waals surface area contributed by atoms with Crippen LogP contribution in [0.3, 0.4) is 0 Å². The fourth-order valence-electron chi connectivity index (χ4n) is 3.61. The molecule has 0 aromatic heterocycles. The molecule has 168 valence electrons. The normalized spacial score (nSPS) is 13.7. The molecule has 2 aromatic rings. The number of rotatable bonds is 9. The average molecular weight is 535 g/mol. The van der Waals surface area contributed by atoms with Crippen molar-refractivity contribution < 1.29 is 4.79 Å². The highest BCUT2D eigenvalue weighted by Crippen LogP contribution is 2.21. The predicted octanol–water partition coefficient (Wildman–Crippen LogP) is 4.01. The van der Waals surface area contributed by atoms with Crippen LogP contribution in [-0.2, 0) is 11.3 Å². The van der Waals surface area contributed by atoms with Crippen LogP contribution in [-0.4, -0.2) is 45.6 Å². The maximum absolute atomic E-state index is 11.9. The summed E-state index contributed by atoms with van der Waals surface area (Å²) in [6.07, 6.45) is 3.81. The first-order valence-corrected chi connectivity index (χ1v) is 10.8. The van der Waals surface area contributed by atoms with Crippen molar-refractivity contribution in [1.82, 2.24) is 10.6 Å². The van der Waals surface area contributed by atoms with Crippen LogP contribution in [0.1, 0.15) is 31.2 Å². The maximum Gasteiger partial charge on any atom is 0.227 e. The van der Waals surface area contributed by atoms with Gasteiger partial charge in [0, 0.05) is 58.1 Å². The lowest BCUT2D eigenvalue weighted by molar-refractivity contribution is -0.117. The minimum atomic E-state index is 0. The molecule has 1 heterocycles. The van der Waals surface area contributed by atoms with Crippen LogP contribution in [0.15, 0.2) is 59.6 Å². The standard InChI is InChI=1S/C24H33N5O.HI/c1-25-24(26-16-6-7-17-28(2)21-9-4-3-5-10-21)27-19-20-12-14-22(15-13-20)29-18-8-11-23(29)30;/h3-5,9-10,12-15H,6-8,11,16-19H2,1-2H3,(H2,25,26,27);1H. The lowest BCUT2D eigenvalue weighted by Crippen LogP contribution is -2.37. The highest BCUT2D eigenvalue weighted by atomic mass is 127. The quantitative estimate of drug-likeness (QED) is 0.221. The number of halogens is 1. The SMILES string of the molecule is CN=C(NCCCCN(C)c1ccccc1)NCc1ccc(N2CCCC2=O)cc1.I. The fourth-order valence-corrected chi connectivity index (χ4v) is 3.61. The Bertz CT molecular complexity index is 826. The molecule has 1 fully saturated rings. The van der Waals surface area contributed by atoms with E-state index in [-0.39, 0.29) is 29.9 Å². The van der Waals surface area contributed by atoms with E-state index in [9.17, 15) is 4.79 Å². The van der Waals surface area contributed by atoms with Crippen LogP contribution in [0.25, 0.3) is 0 Å². The Balaban J connectivity index is 0.00000341. The number of para-hydroxylation sites is 1. The van der Waals surface area contributed by atoms with Gasteiger partial charge in [-0.1, -0.05) is 30.3 Å². The van der Waals surface area contributed by atoms with Gasteiger partial charge in [0.05, 0.1) is 0 Å².